The molecule has 3 heterocycles. The second-order valence-corrected chi connectivity index (χ2v) is 11.2. The average molecular weight is 535 g/mol. The average Bonchev–Trinajstić information content (AvgIpc) is 3.38. The van der Waals surface area contributed by atoms with Crippen LogP contribution in [0.15, 0.2) is 88.7 Å². The summed E-state index contributed by atoms with van der Waals surface area (Å²) in [7, 11) is 0. The molecule has 1 aromatic heterocycles. The lowest BCUT2D eigenvalue weighted by molar-refractivity contribution is -0.122. The fraction of sp³-hybridized carbons (Fsp3) is 0.148. The number of benzene rings is 3. The van der Waals surface area contributed by atoms with Crippen LogP contribution in [0.1, 0.15) is 21.9 Å². The number of anilines is 1. The van der Waals surface area contributed by atoms with Crippen LogP contribution in [-0.2, 0) is 16.2 Å². The van der Waals surface area contributed by atoms with Gasteiger partial charge in [-0.15, -0.1) is 0 Å². The minimum atomic E-state index is -0.669. The maximum atomic E-state index is 13.8. The molecule has 0 radical (unpaired) electrons. The van der Waals surface area contributed by atoms with Crippen molar-refractivity contribution < 1.29 is 14.3 Å². The van der Waals surface area contributed by atoms with Crippen LogP contribution >= 0.6 is 34.7 Å². The first kappa shape index (κ1) is 23.1. The second-order valence-electron chi connectivity index (χ2n) is 8.55. The molecule has 180 valence electrons. The molecular weight excluding hydrogens is 516 g/mol. The van der Waals surface area contributed by atoms with E-state index in [9.17, 15) is 14.4 Å². The first-order chi connectivity index (χ1) is 17.5. The normalized spacial score (nSPS) is 20.8. The van der Waals surface area contributed by atoms with Gasteiger partial charge in [-0.1, -0.05) is 83.2 Å². The minimum Gasteiger partial charge on any atom is -0.489 e. The van der Waals surface area contributed by atoms with Gasteiger partial charge in [-0.3, -0.25) is 14.4 Å². The zero-order valence-corrected chi connectivity index (χ0v) is 21.1. The molecule has 2 aliphatic heterocycles. The summed E-state index contributed by atoms with van der Waals surface area (Å²) >= 11 is 8.47. The number of hydrogen-bond acceptors (Lipinski definition) is 6. The second kappa shape index (κ2) is 9.28. The fourth-order valence-corrected chi connectivity index (χ4v) is 7.56. The summed E-state index contributed by atoms with van der Waals surface area (Å²) in [5.74, 6) is -1.13. The number of hydrogen-bond donors (Lipinski definition) is 1. The molecule has 1 fully saturated rings. The Balaban J connectivity index is 1.43. The third kappa shape index (κ3) is 3.95. The third-order valence-electron chi connectivity index (χ3n) is 6.38. The summed E-state index contributed by atoms with van der Waals surface area (Å²) in [6.45, 7) is 0.284. The fourth-order valence-electron chi connectivity index (χ4n) is 4.84. The summed E-state index contributed by atoms with van der Waals surface area (Å²) in [5, 5.41) is 0.604. The summed E-state index contributed by atoms with van der Waals surface area (Å²) in [6.07, 6.45) is 0. The number of thiazole rings is 1. The number of aromatic nitrogens is 1. The van der Waals surface area contributed by atoms with Crippen LogP contribution in [0.2, 0.25) is 5.02 Å². The zero-order valence-electron chi connectivity index (χ0n) is 18.7. The minimum absolute atomic E-state index is 0.213. The summed E-state index contributed by atoms with van der Waals surface area (Å²) in [5.41, 5.74) is 2.22. The smallest absolute Gasteiger partial charge is 0.305 e. The zero-order chi connectivity index (χ0) is 24.8. The third-order valence-corrected chi connectivity index (χ3v) is 9.01. The van der Waals surface area contributed by atoms with Crippen molar-refractivity contribution in [3.05, 3.63) is 110 Å². The van der Waals surface area contributed by atoms with Gasteiger partial charge >= 0.3 is 4.87 Å². The molecule has 3 unspecified atom stereocenters. The molecule has 4 aromatic rings. The number of carbonyl (C=O) groups excluding carboxylic acids is 2. The summed E-state index contributed by atoms with van der Waals surface area (Å²) in [6, 6.07) is 23.9. The molecule has 3 atom stereocenters. The number of H-pyrrole nitrogens is 1. The molecule has 6 nitrogen and oxygen atoms in total. The Morgan fingerprint density at radius 3 is 2.50 bits per heavy atom. The van der Waals surface area contributed by atoms with Gasteiger partial charge < -0.3 is 9.72 Å². The van der Waals surface area contributed by atoms with E-state index in [1.54, 1.807) is 30.3 Å². The maximum Gasteiger partial charge on any atom is 0.305 e. The SMILES string of the molecule is O=C1C2Sc3[nH]c(=O)sc3C(c3ccccc3OCc3cccc(Cl)c3)C2C(=O)N1c1ccccc1. The number of halogens is 1. The molecule has 2 amide bonds. The van der Waals surface area contributed by atoms with Crippen LogP contribution in [0.4, 0.5) is 5.69 Å². The highest BCUT2D eigenvalue weighted by atomic mass is 35.5. The van der Waals surface area contributed by atoms with E-state index in [-0.39, 0.29) is 23.3 Å². The van der Waals surface area contributed by atoms with E-state index in [2.05, 4.69) is 4.98 Å². The topological polar surface area (TPSA) is 79.5 Å². The number of thioether (sulfide) groups is 1. The number of amides is 2. The largest absolute Gasteiger partial charge is 0.489 e. The van der Waals surface area contributed by atoms with Crippen LogP contribution in [0.3, 0.4) is 0 Å². The van der Waals surface area contributed by atoms with Crippen molar-refractivity contribution in [3.63, 3.8) is 0 Å². The Labute approximate surface area is 219 Å². The van der Waals surface area contributed by atoms with E-state index < -0.39 is 17.1 Å². The van der Waals surface area contributed by atoms with Crippen molar-refractivity contribution in [2.75, 3.05) is 4.90 Å². The molecule has 0 aliphatic carbocycles. The van der Waals surface area contributed by atoms with Gasteiger partial charge in [-0.25, -0.2) is 4.90 Å². The standard InChI is InChI=1S/C27H19ClN2O4S2/c28-16-8-6-7-15(13-16)14-34-19-12-5-4-11-18(19)20-21-23(35-24-22(20)36-27(33)29-24)26(32)30(25(21)31)17-9-2-1-3-10-17/h1-13,20-21,23H,14H2,(H,29,33). The molecule has 3 aromatic carbocycles. The highest BCUT2D eigenvalue weighted by Gasteiger charge is 2.56. The van der Waals surface area contributed by atoms with E-state index in [0.717, 1.165) is 27.3 Å². The maximum absolute atomic E-state index is 13.8. The molecule has 2 aliphatic rings. The molecule has 6 rings (SSSR count). The number of nitrogens with one attached hydrogen (secondary N) is 1. The molecule has 0 saturated carbocycles. The summed E-state index contributed by atoms with van der Waals surface area (Å²) in [4.78, 5) is 44.4. The van der Waals surface area contributed by atoms with Gasteiger partial charge in [0.2, 0.25) is 11.8 Å². The molecule has 0 spiro atoms. The molecule has 0 bridgehead atoms. The van der Waals surface area contributed by atoms with Crippen molar-refractivity contribution in [2.45, 2.75) is 22.8 Å². The number of para-hydroxylation sites is 2. The number of carbonyl (C=O) groups is 2. The lowest BCUT2D eigenvalue weighted by Gasteiger charge is -2.30. The number of imide groups is 1. The predicted octanol–water partition coefficient (Wildman–Crippen LogP) is 5.46. The van der Waals surface area contributed by atoms with E-state index in [1.165, 1.54) is 16.7 Å². The van der Waals surface area contributed by atoms with E-state index in [0.29, 0.717) is 21.5 Å². The number of ether oxygens (including phenoxy) is 1. The molecule has 1 N–H and O–H groups in total. The lowest BCUT2D eigenvalue weighted by Crippen LogP contribution is -2.32. The van der Waals surface area contributed by atoms with E-state index >= 15 is 0 Å². The van der Waals surface area contributed by atoms with E-state index in [1.807, 2.05) is 48.5 Å². The van der Waals surface area contributed by atoms with Gasteiger partial charge in [0.25, 0.3) is 0 Å². The number of aromatic amines is 1. The van der Waals surface area contributed by atoms with Crippen LogP contribution < -0.4 is 14.5 Å². The van der Waals surface area contributed by atoms with Crippen molar-refractivity contribution in [1.82, 2.24) is 4.98 Å². The van der Waals surface area contributed by atoms with Gasteiger partial charge in [-0.05, 0) is 35.9 Å². The number of rotatable bonds is 5. The predicted molar refractivity (Wildman–Crippen MR) is 141 cm³/mol. The monoisotopic (exact) mass is 534 g/mol. The number of fused-ring (bicyclic) bond motifs is 2. The first-order valence-corrected chi connectivity index (χ1v) is 13.4. The van der Waals surface area contributed by atoms with Crippen molar-refractivity contribution in [1.29, 1.82) is 0 Å². The Morgan fingerprint density at radius 1 is 0.917 bits per heavy atom. The van der Waals surface area contributed by atoms with Gasteiger partial charge in [0, 0.05) is 21.4 Å². The number of nitrogens with zero attached hydrogens (tertiary/aromatic N) is 1. The quantitative estimate of drug-likeness (QED) is 0.344. The highest BCUT2D eigenvalue weighted by molar-refractivity contribution is 8.00. The first-order valence-electron chi connectivity index (χ1n) is 11.3. The van der Waals surface area contributed by atoms with Crippen molar-refractivity contribution in [2.24, 2.45) is 5.92 Å². The molecule has 36 heavy (non-hydrogen) atoms. The van der Waals surface area contributed by atoms with E-state index in [4.69, 9.17) is 16.3 Å². The van der Waals surface area contributed by atoms with Crippen LogP contribution in [0.25, 0.3) is 0 Å². The molecule has 1 saturated heterocycles. The van der Waals surface area contributed by atoms with Crippen LogP contribution in [-0.4, -0.2) is 22.0 Å². The van der Waals surface area contributed by atoms with Crippen molar-refractivity contribution in [3.8, 4) is 5.75 Å². The lowest BCUT2D eigenvalue weighted by atomic mass is 9.82. The molecular formula is C27H19ClN2O4S2. The Bertz CT molecular complexity index is 1530. The van der Waals surface area contributed by atoms with Crippen LogP contribution in [0, 0.1) is 5.92 Å². The van der Waals surface area contributed by atoms with Gasteiger partial charge in [0.05, 0.1) is 16.6 Å². The Kier molecular flexibility index (Phi) is 5.95. The summed E-state index contributed by atoms with van der Waals surface area (Å²) < 4.78 is 6.22. The van der Waals surface area contributed by atoms with Crippen LogP contribution in [0.5, 0.6) is 5.75 Å². The van der Waals surface area contributed by atoms with Gasteiger partial charge in [0.1, 0.15) is 17.6 Å². The Hall–Kier alpha value is -3.33. The van der Waals surface area contributed by atoms with Gasteiger partial charge in [-0.2, -0.15) is 0 Å². The molecule has 9 heteroatoms. The van der Waals surface area contributed by atoms with Gasteiger partial charge in [0.15, 0.2) is 0 Å². The highest BCUT2D eigenvalue weighted by Crippen LogP contribution is 2.54. The van der Waals surface area contributed by atoms with Crippen molar-refractivity contribution >= 4 is 52.2 Å². The Morgan fingerprint density at radius 2 is 1.69 bits per heavy atom.